The molecular formula is C24H17BrIN3O2. The van der Waals surface area contributed by atoms with E-state index in [9.17, 15) is 4.79 Å². The predicted octanol–water partition coefficient (Wildman–Crippen LogP) is 6.04. The van der Waals surface area contributed by atoms with E-state index >= 15 is 0 Å². The van der Waals surface area contributed by atoms with E-state index in [2.05, 4.69) is 49.0 Å². The maximum atomic E-state index is 13.0. The van der Waals surface area contributed by atoms with Gasteiger partial charge in [0.1, 0.15) is 5.75 Å². The molecule has 3 aromatic carbocycles. The summed E-state index contributed by atoms with van der Waals surface area (Å²) in [7, 11) is 1.62. The number of nitrogens with zero attached hydrogens (tertiary/aromatic N) is 2. The molecule has 1 heterocycles. The number of methoxy groups -OCH3 is 1. The van der Waals surface area contributed by atoms with Crippen molar-refractivity contribution in [3.63, 3.8) is 0 Å². The molecule has 5 nitrogen and oxygen atoms in total. The topological polar surface area (TPSA) is 63.6 Å². The Hall–Kier alpha value is -2.78. The Kier molecular flexibility index (Phi) is 6.62. The number of hydrazone groups is 1. The highest BCUT2D eigenvalue weighted by molar-refractivity contribution is 14.1. The second-order valence-corrected chi connectivity index (χ2v) is 8.67. The predicted molar refractivity (Wildman–Crippen MR) is 136 cm³/mol. The highest BCUT2D eigenvalue weighted by Crippen LogP contribution is 2.31. The Balaban J connectivity index is 1.64. The SMILES string of the molecule is COc1c(Br)cc(/C=N/NC(=O)c2cc(-c3ccccc3)nc3ccccc23)cc1I. The van der Waals surface area contributed by atoms with Crippen molar-refractivity contribution in [3.05, 3.63) is 92.0 Å². The van der Waals surface area contributed by atoms with Gasteiger partial charge in [0.05, 0.1) is 38.1 Å². The van der Waals surface area contributed by atoms with Crippen molar-refractivity contribution in [2.24, 2.45) is 5.10 Å². The van der Waals surface area contributed by atoms with E-state index in [0.29, 0.717) is 5.56 Å². The second kappa shape index (κ2) is 9.57. The van der Waals surface area contributed by atoms with E-state index in [-0.39, 0.29) is 5.91 Å². The number of nitrogens with one attached hydrogen (secondary N) is 1. The lowest BCUT2D eigenvalue weighted by Crippen LogP contribution is -2.18. The number of carbonyl (C=O) groups is 1. The van der Waals surface area contributed by atoms with Crippen LogP contribution in [0.4, 0.5) is 0 Å². The molecular weight excluding hydrogens is 569 g/mol. The number of ether oxygens (including phenoxy) is 1. The summed E-state index contributed by atoms with van der Waals surface area (Å²) in [5.74, 6) is 0.466. The summed E-state index contributed by atoms with van der Waals surface area (Å²) in [6, 6.07) is 23.0. The van der Waals surface area contributed by atoms with Crippen LogP contribution in [0.1, 0.15) is 15.9 Å². The van der Waals surface area contributed by atoms with Crippen LogP contribution in [0.5, 0.6) is 5.75 Å². The summed E-state index contributed by atoms with van der Waals surface area (Å²) in [5, 5.41) is 4.93. The Morgan fingerprint density at radius 1 is 1.10 bits per heavy atom. The monoisotopic (exact) mass is 585 g/mol. The van der Waals surface area contributed by atoms with Crippen molar-refractivity contribution < 1.29 is 9.53 Å². The first-order valence-corrected chi connectivity index (χ1v) is 11.3. The summed E-state index contributed by atoms with van der Waals surface area (Å²) in [6.07, 6.45) is 1.60. The maximum absolute atomic E-state index is 13.0. The molecule has 1 amide bonds. The number of fused-ring (bicyclic) bond motifs is 1. The number of pyridine rings is 1. The molecule has 31 heavy (non-hydrogen) atoms. The first-order chi connectivity index (χ1) is 15.1. The molecule has 7 heteroatoms. The fourth-order valence-corrected chi connectivity index (χ4v) is 5.08. The van der Waals surface area contributed by atoms with Crippen molar-refractivity contribution in [2.75, 3.05) is 7.11 Å². The fraction of sp³-hybridized carbons (Fsp3) is 0.0417. The van der Waals surface area contributed by atoms with E-state index in [1.54, 1.807) is 19.4 Å². The first kappa shape index (κ1) is 21.5. The van der Waals surface area contributed by atoms with Gasteiger partial charge in [0.15, 0.2) is 0 Å². The average Bonchev–Trinajstić information content (AvgIpc) is 2.78. The van der Waals surface area contributed by atoms with Gasteiger partial charge in [0.2, 0.25) is 0 Å². The van der Waals surface area contributed by atoms with Gasteiger partial charge < -0.3 is 4.74 Å². The molecule has 0 aliphatic heterocycles. The number of benzene rings is 3. The molecule has 0 spiro atoms. The number of hydrogen-bond acceptors (Lipinski definition) is 4. The van der Waals surface area contributed by atoms with Gasteiger partial charge in [0.25, 0.3) is 5.91 Å². The van der Waals surface area contributed by atoms with Gasteiger partial charge in [-0.25, -0.2) is 10.4 Å². The minimum atomic E-state index is -0.297. The lowest BCUT2D eigenvalue weighted by atomic mass is 10.0. The van der Waals surface area contributed by atoms with Crippen molar-refractivity contribution in [3.8, 4) is 17.0 Å². The van der Waals surface area contributed by atoms with Gasteiger partial charge in [-0.3, -0.25) is 4.79 Å². The summed E-state index contributed by atoms with van der Waals surface area (Å²) >= 11 is 5.68. The highest BCUT2D eigenvalue weighted by Gasteiger charge is 2.13. The molecule has 154 valence electrons. The molecule has 0 unspecified atom stereocenters. The van der Waals surface area contributed by atoms with Crippen molar-refractivity contribution in [1.82, 2.24) is 10.4 Å². The van der Waals surface area contributed by atoms with E-state index in [0.717, 1.165) is 41.5 Å². The van der Waals surface area contributed by atoms with E-state index in [1.165, 1.54) is 0 Å². The van der Waals surface area contributed by atoms with E-state index < -0.39 is 0 Å². The largest absolute Gasteiger partial charge is 0.494 e. The number of carbonyl (C=O) groups excluding carboxylic acids is 1. The maximum Gasteiger partial charge on any atom is 0.272 e. The molecule has 4 aromatic rings. The van der Waals surface area contributed by atoms with Crippen LogP contribution in [-0.2, 0) is 0 Å². The zero-order chi connectivity index (χ0) is 21.8. The van der Waals surface area contributed by atoms with Crippen molar-refractivity contribution in [1.29, 1.82) is 0 Å². The summed E-state index contributed by atoms with van der Waals surface area (Å²) in [4.78, 5) is 17.7. The van der Waals surface area contributed by atoms with Crippen LogP contribution >= 0.6 is 38.5 Å². The summed E-state index contributed by atoms with van der Waals surface area (Å²) in [6.45, 7) is 0. The highest BCUT2D eigenvalue weighted by atomic mass is 127. The van der Waals surface area contributed by atoms with Gasteiger partial charge in [0, 0.05) is 10.9 Å². The third-order valence-corrected chi connectivity index (χ3v) is 6.03. The summed E-state index contributed by atoms with van der Waals surface area (Å²) < 4.78 is 7.11. The van der Waals surface area contributed by atoms with Gasteiger partial charge in [-0.05, 0) is 68.3 Å². The van der Waals surface area contributed by atoms with Crippen molar-refractivity contribution in [2.45, 2.75) is 0 Å². The van der Waals surface area contributed by atoms with E-state index in [1.807, 2.05) is 66.7 Å². The molecule has 0 atom stereocenters. The Morgan fingerprint density at radius 3 is 2.58 bits per heavy atom. The summed E-state index contributed by atoms with van der Waals surface area (Å²) in [5.41, 5.74) is 6.44. The van der Waals surface area contributed by atoms with Crippen LogP contribution < -0.4 is 10.2 Å². The molecule has 0 saturated carbocycles. The van der Waals surface area contributed by atoms with Gasteiger partial charge >= 0.3 is 0 Å². The molecule has 0 aliphatic carbocycles. The van der Waals surface area contributed by atoms with Gasteiger partial charge in [-0.2, -0.15) is 5.10 Å². The quantitative estimate of drug-likeness (QED) is 0.176. The third kappa shape index (κ3) is 4.77. The fourth-order valence-electron chi connectivity index (χ4n) is 3.19. The lowest BCUT2D eigenvalue weighted by molar-refractivity contribution is 0.0956. The first-order valence-electron chi connectivity index (χ1n) is 9.38. The van der Waals surface area contributed by atoms with Crippen LogP contribution in [0.2, 0.25) is 0 Å². The molecule has 0 bridgehead atoms. The second-order valence-electron chi connectivity index (χ2n) is 6.66. The molecule has 0 saturated heterocycles. The Bertz CT molecular complexity index is 1270. The number of para-hydroxylation sites is 1. The molecule has 1 aromatic heterocycles. The molecule has 0 aliphatic rings. The van der Waals surface area contributed by atoms with Crippen LogP contribution in [0.25, 0.3) is 22.2 Å². The molecule has 1 N–H and O–H groups in total. The number of aromatic nitrogens is 1. The Labute approximate surface area is 201 Å². The van der Waals surface area contributed by atoms with E-state index in [4.69, 9.17) is 9.72 Å². The van der Waals surface area contributed by atoms with Gasteiger partial charge in [-0.1, -0.05) is 48.5 Å². The zero-order valence-electron chi connectivity index (χ0n) is 16.5. The third-order valence-electron chi connectivity index (χ3n) is 4.63. The number of halogens is 2. The van der Waals surface area contributed by atoms with Crippen LogP contribution in [-0.4, -0.2) is 24.2 Å². The molecule has 4 rings (SSSR count). The number of amides is 1. The van der Waals surface area contributed by atoms with Crippen LogP contribution in [0.3, 0.4) is 0 Å². The smallest absolute Gasteiger partial charge is 0.272 e. The number of rotatable bonds is 5. The zero-order valence-corrected chi connectivity index (χ0v) is 20.2. The minimum Gasteiger partial charge on any atom is -0.494 e. The lowest BCUT2D eigenvalue weighted by Gasteiger charge is -2.09. The van der Waals surface area contributed by atoms with Gasteiger partial charge in [-0.15, -0.1) is 0 Å². The minimum absolute atomic E-state index is 0.297. The van der Waals surface area contributed by atoms with Crippen LogP contribution in [0.15, 0.2) is 82.4 Å². The Morgan fingerprint density at radius 2 is 1.84 bits per heavy atom. The average molecular weight is 586 g/mol. The normalized spacial score (nSPS) is 11.1. The molecule has 0 radical (unpaired) electrons. The standard InChI is InChI=1S/C24H17BrIN3O2/c1-31-23-19(25)11-15(12-20(23)26)14-27-29-24(30)18-13-22(16-7-3-2-4-8-16)28-21-10-6-5-9-17(18)21/h2-14H,1H3,(H,29,30)/b27-14+. The van der Waals surface area contributed by atoms with Crippen LogP contribution in [0, 0.1) is 3.57 Å². The molecule has 0 fully saturated rings. The number of hydrogen-bond donors (Lipinski definition) is 1. The van der Waals surface area contributed by atoms with Crippen molar-refractivity contribution >= 4 is 61.5 Å².